The zero-order valence-corrected chi connectivity index (χ0v) is 21.8. The Hall–Kier alpha value is -3.72. The van der Waals surface area contributed by atoms with Crippen LogP contribution in [0.2, 0.25) is 0 Å². The molecule has 9 nitrogen and oxygen atoms in total. The van der Waals surface area contributed by atoms with Crippen LogP contribution in [0.3, 0.4) is 0 Å². The van der Waals surface area contributed by atoms with Gasteiger partial charge < -0.3 is 26.8 Å². The summed E-state index contributed by atoms with van der Waals surface area (Å²) in [5.41, 5.74) is 7.78. The van der Waals surface area contributed by atoms with Crippen LogP contribution in [-0.2, 0) is 32.0 Å². The number of carboxylic acids is 1. The number of rotatable bonds is 13. The number of carbonyl (C=O) groups is 4. The van der Waals surface area contributed by atoms with Crippen LogP contribution < -0.4 is 21.7 Å². The van der Waals surface area contributed by atoms with Crippen LogP contribution >= 0.6 is 0 Å². The molecule has 2 rings (SSSR count). The van der Waals surface area contributed by atoms with E-state index in [1.807, 2.05) is 60.7 Å². The molecule has 200 valence electrons. The van der Waals surface area contributed by atoms with E-state index in [0.29, 0.717) is 6.42 Å². The second-order valence-corrected chi connectivity index (χ2v) is 9.85. The molecule has 3 amide bonds. The maximum Gasteiger partial charge on any atom is 0.326 e. The lowest BCUT2D eigenvalue weighted by atomic mass is 9.99. The summed E-state index contributed by atoms with van der Waals surface area (Å²) in [7, 11) is 0. The molecule has 0 heterocycles. The minimum absolute atomic E-state index is 0.148. The molecular weight excluding hydrogens is 472 g/mol. The lowest BCUT2D eigenvalue weighted by Gasteiger charge is -2.27. The van der Waals surface area contributed by atoms with Crippen molar-refractivity contribution < 1.29 is 24.3 Å². The average molecular weight is 511 g/mol. The maximum atomic E-state index is 13.3. The Morgan fingerprint density at radius 3 is 1.59 bits per heavy atom. The summed E-state index contributed by atoms with van der Waals surface area (Å²) in [6, 6.07) is 14.4. The molecule has 0 aliphatic rings. The van der Waals surface area contributed by atoms with Gasteiger partial charge in [0.1, 0.15) is 18.1 Å². The molecule has 0 radical (unpaired) electrons. The van der Waals surface area contributed by atoms with Gasteiger partial charge in [-0.2, -0.15) is 0 Å². The number of hydrogen-bond donors (Lipinski definition) is 5. The number of benzene rings is 2. The van der Waals surface area contributed by atoms with E-state index in [0.717, 1.165) is 11.1 Å². The summed E-state index contributed by atoms with van der Waals surface area (Å²) in [4.78, 5) is 50.9. The van der Waals surface area contributed by atoms with Gasteiger partial charge >= 0.3 is 5.97 Å². The predicted molar refractivity (Wildman–Crippen MR) is 141 cm³/mol. The van der Waals surface area contributed by atoms with Crippen LogP contribution in [0.1, 0.15) is 38.8 Å². The van der Waals surface area contributed by atoms with Crippen LogP contribution in [0, 0.1) is 11.8 Å². The maximum absolute atomic E-state index is 13.3. The fraction of sp³-hybridized carbons (Fsp3) is 0.429. The van der Waals surface area contributed by atoms with Gasteiger partial charge in [0.05, 0.1) is 6.04 Å². The van der Waals surface area contributed by atoms with Crippen LogP contribution in [0.25, 0.3) is 0 Å². The van der Waals surface area contributed by atoms with Crippen molar-refractivity contribution in [3.63, 3.8) is 0 Å². The summed E-state index contributed by atoms with van der Waals surface area (Å²) in [6.07, 6.45) is 0.457. The van der Waals surface area contributed by atoms with Crippen molar-refractivity contribution in [2.75, 3.05) is 0 Å². The van der Waals surface area contributed by atoms with Gasteiger partial charge in [-0.3, -0.25) is 14.4 Å². The lowest BCUT2D eigenvalue weighted by molar-refractivity contribution is -0.143. The summed E-state index contributed by atoms with van der Waals surface area (Å²) in [5.74, 6) is -3.46. The van der Waals surface area contributed by atoms with E-state index in [-0.39, 0.29) is 18.3 Å². The van der Waals surface area contributed by atoms with Crippen molar-refractivity contribution in [3.8, 4) is 0 Å². The van der Waals surface area contributed by atoms with Crippen LogP contribution in [0.5, 0.6) is 0 Å². The number of hydrogen-bond acceptors (Lipinski definition) is 5. The van der Waals surface area contributed by atoms with Crippen molar-refractivity contribution >= 4 is 23.7 Å². The van der Waals surface area contributed by atoms with Crippen LogP contribution in [-0.4, -0.2) is 53.0 Å². The highest BCUT2D eigenvalue weighted by molar-refractivity contribution is 5.94. The first kappa shape index (κ1) is 29.5. The first-order chi connectivity index (χ1) is 17.5. The monoisotopic (exact) mass is 510 g/mol. The molecule has 0 fully saturated rings. The molecule has 4 unspecified atom stereocenters. The molecule has 9 heteroatoms. The standard InChI is InChI=1S/C28H38N4O5/c1-17(2)23(31-25(33)21(29)15-19-11-7-5-8-12-19)27(35)30-22(16-20-13-9-6-10-14-20)26(34)32-24(18(3)4)28(36)37/h5-14,17-18,21-24H,15-16,29H2,1-4H3,(H,30,35)(H,31,33)(H,32,34)(H,36,37). The summed E-state index contributed by atoms with van der Waals surface area (Å²) < 4.78 is 0. The molecule has 0 saturated heterocycles. The highest BCUT2D eigenvalue weighted by atomic mass is 16.4. The third-order valence-corrected chi connectivity index (χ3v) is 6.03. The third kappa shape index (κ3) is 9.34. The van der Waals surface area contributed by atoms with Gasteiger partial charge in [-0.1, -0.05) is 88.4 Å². The topological polar surface area (TPSA) is 151 Å². The predicted octanol–water partition coefficient (Wildman–Crippen LogP) is 1.65. The molecule has 4 atom stereocenters. The Bertz CT molecular complexity index is 1040. The zero-order valence-electron chi connectivity index (χ0n) is 21.8. The van der Waals surface area contributed by atoms with Gasteiger partial charge in [0.15, 0.2) is 0 Å². The Kier molecular flexibility index (Phi) is 11.3. The third-order valence-electron chi connectivity index (χ3n) is 6.03. The number of amides is 3. The van der Waals surface area contributed by atoms with Crippen LogP contribution in [0.4, 0.5) is 0 Å². The minimum atomic E-state index is -1.16. The highest BCUT2D eigenvalue weighted by Crippen LogP contribution is 2.10. The van der Waals surface area contributed by atoms with Crippen molar-refractivity contribution in [1.29, 1.82) is 0 Å². The Morgan fingerprint density at radius 2 is 1.14 bits per heavy atom. The summed E-state index contributed by atoms with van der Waals surface area (Å²) in [5, 5.41) is 17.5. The fourth-order valence-electron chi connectivity index (χ4n) is 3.84. The van der Waals surface area contributed by atoms with E-state index in [2.05, 4.69) is 16.0 Å². The van der Waals surface area contributed by atoms with Gasteiger partial charge in [0.2, 0.25) is 17.7 Å². The van der Waals surface area contributed by atoms with Gasteiger partial charge in [-0.25, -0.2) is 4.79 Å². The van der Waals surface area contributed by atoms with Crippen LogP contribution in [0.15, 0.2) is 60.7 Å². The molecule has 0 aliphatic heterocycles. The minimum Gasteiger partial charge on any atom is -0.480 e. The van der Waals surface area contributed by atoms with E-state index in [4.69, 9.17) is 5.73 Å². The first-order valence-electron chi connectivity index (χ1n) is 12.5. The number of carbonyl (C=O) groups excluding carboxylic acids is 3. The van der Waals surface area contributed by atoms with E-state index in [1.54, 1.807) is 27.7 Å². The van der Waals surface area contributed by atoms with Gasteiger partial charge in [-0.15, -0.1) is 0 Å². The fourth-order valence-corrected chi connectivity index (χ4v) is 3.84. The smallest absolute Gasteiger partial charge is 0.326 e. The molecule has 6 N–H and O–H groups in total. The second-order valence-electron chi connectivity index (χ2n) is 9.85. The Balaban J connectivity index is 2.17. The molecule has 37 heavy (non-hydrogen) atoms. The molecular formula is C28H38N4O5. The van der Waals surface area contributed by atoms with E-state index in [9.17, 15) is 24.3 Å². The van der Waals surface area contributed by atoms with E-state index in [1.165, 1.54) is 0 Å². The zero-order chi connectivity index (χ0) is 27.5. The number of nitrogens with two attached hydrogens (primary N) is 1. The SMILES string of the molecule is CC(C)C(NC(=O)C(Cc1ccccc1)NC(=O)C(NC(=O)C(N)Cc1ccccc1)C(C)C)C(=O)O. The largest absolute Gasteiger partial charge is 0.480 e. The van der Waals surface area contributed by atoms with Crippen molar-refractivity contribution in [3.05, 3.63) is 71.8 Å². The molecule has 0 spiro atoms. The number of nitrogens with one attached hydrogen (secondary N) is 3. The molecule has 0 saturated carbocycles. The van der Waals surface area contributed by atoms with Crippen molar-refractivity contribution in [1.82, 2.24) is 16.0 Å². The van der Waals surface area contributed by atoms with Gasteiger partial charge in [0, 0.05) is 6.42 Å². The number of aliphatic carboxylic acids is 1. The average Bonchev–Trinajstić information content (AvgIpc) is 2.85. The lowest BCUT2D eigenvalue weighted by Crippen LogP contribution is -2.59. The molecule has 0 aliphatic carbocycles. The first-order valence-corrected chi connectivity index (χ1v) is 12.5. The second kappa shape index (κ2) is 14.1. The molecule has 0 aromatic heterocycles. The highest BCUT2D eigenvalue weighted by Gasteiger charge is 2.32. The Labute approximate surface area is 218 Å². The normalized spacial score (nSPS) is 14.4. The summed E-state index contributed by atoms with van der Waals surface area (Å²) in [6.45, 7) is 6.93. The Morgan fingerprint density at radius 1 is 0.676 bits per heavy atom. The quantitative estimate of drug-likeness (QED) is 0.276. The van der Waals surface area contributed by atoms with E-state index < -0.39 is 47.9 Å². The van der Waals surface area contributed by atoms with Gasteiger partial charge in [-0.05, 0) is 29.4 Å². The molecule has 2 aromatic carbocycles. The van der Waals surface area contributed by atoms with Crippen molar-refractivity contribution in [2.45, 2.75) is 64.7 Å². The molecule has 2 aromatic rings. The molecule has 0 bridgehead atoms. The van der Waals surface area contributed by atoms with Crippen molar-refractivity contribution in [2.24, 2.45) is 17.6 Å². The van der Waals surface area contributed by atoms with E-state index >= 15 is 0 Å². The van der Waals surface area contributed by atoms with Gasteiger partial charge in [0.25, 0.3) is 0 Å². The summed E-state index contributed by atoms with van der Waals surface area (Å²) >= 11 is 0. The number of carboxylic acid groups (broad SMARTS) is 1.